The summed E-state index contributed by atoms with van der Waals surface area (Å²) < 4.78 is 4.65. The van der Waals surface area contributed by atoms with E-state index in [2.05, 4.69) is 38.0 Å². The molecule has 0 saturated heterocycles. The van der Waals surface area contributed by atoms with Gasteiger partial charge in [0, 0.05) is 41.2 Å². The molecule has 2 heterocycles. The molecule has 0 spiro atoms. The third-order valence-corrected chi connectivity index (χ3v) is 7.97. The van der Waals surface area contributed by atoms with E-state index in [1.807, 2.05) is 24.3 Å². The Hall–Kier alpha value is -4.37. The molecule has 6 rings (SSSR count). The molecule has 0 bridgehead atoms. The van der Waals surface area contributed by atoms with Gasteiger partial charge in [0.25, 0.3) is 5.91 Å². The Balaban J connectivity index is 1.44. The van der Waals surface area contributed by atoms with Crippen molar-refractivity contribution >= 4 is 40.4 Å². The molecule has 3 N–H and O–H groups in total. The number of hydrogen-bond donors (Lipinski definition) is 3. The van der Waals surface area contributed by atoms with Crippen molar-refractivity contribution in [1.29, 1.82) is 0 Å². The van der Waals surface area contributed by atoms with Crippen LogP contribution in [0, 0.1) is 0 Å². The van der Waals surface area contributed by atoms with Crippen molar-refractivity contribution in [3.05, 3.63) is 83.4 Å². The smallest absolute Gasteiger partial charge is 0.413 e. The fourth-order valence-electron chi connectivity index (χ4n) is 5.91. The van der Waals surface area contributed by atoms with Gasteiger partial charge in [-0.05, 0) is 49.2 Å². The summed E-state index contributed by atoms with van der Waals surface area (Å²) in [6.07, 6.45) is 5.37. The molecule has 1 aliphatic heterocycles. The Morgan fingerprint density at radius 2 is 1.90 bits per heavy atom. The second-order valence-corrected chi connectivity index (χ2v) is 10.2. The van der Waals surface area contributed by atoms with E-state index in [1.165, 1.54) is 31.3 Å². The van der Waals surface area contributed by atoms with E-state index >= 15 is 0 Å². The van der Waals surface area contributed by atoms with Gasteiger partial charge in [-0.1, -0.05) is 49.6 Å². The number of aromatic nitrogens is 2. The number of methoxy groups -OCH3 is 1. The van der Waals surface area contributed by atoms with Gasteiger partial charge in [-0.25, -0.2) is 9.78 Å². The summed E-state index contributed by atoms with van der Waals surface area (Å²) in [5.41, 5.74) is 2.46. The standard InChI is InChI=1S/C30H31N5O4/c1-34(20-9-4-3-5-10-20)21-11-8-12-22(18-21)35-27(36)23-13-6-7-14-24(23)30(35,38)19-15-16-25-26(17-19)32-28(31-25)33-29(37)39-2/h6-8,11-18,20,38H,3-5,9-10H2,1-2H3,(H2,31,32,33,37). The number of anilines is 3. The van der Waals surface area contributed by atoms with Gasteiger partial charge >= 0.3 is 6.09 Å². The monoisotopic (exact) mass is 525 g/mol. The molecule has 9 heteroatoms. The van der Waals surface area contributed by atoms with Crippen molar-refractivity contribution in [3.8, 4) is 0 Å². The lowest BCUT2D eigenvalue weighted by Gasteiger charge is -2.36. The Morgan fingerprint density at radius 1 is 1.10 bits per heavy atom. The van der Waals surface area contributed by atoms with Crippen molar-refractivity contribution in [2.45, 2.75) is 43.9 Å². The number of carbonyl (C=O) groups excluding carboxylic acids is 2. The fraction of sp³-hybridized carbons (Fsp3) is 0.300. The molecule has 1 aromatic heterocycles. The number of H-pyrrole nitrogens is 1. The normalized spacial score (nSPS) is 19.3. The van der Waals surface area contributed by atoms with Crippen LogP contribution in [0.5, 0.6) is 0 Å². The lowest BCUT2D eigenvalue weighted by molar-refractivity contribution is 0.0704. The van der Waals surface area contributed by atoms with Crippen molar-refractivity contribution in [2.75, 3.05) is 29.3 Å². The van der Waals surface area contributed by atoms with Crippen LogP contribution >= 0.6 is 0 Å². The summed E-state index contributed by atoms with van der Waals surface area (Å²) in [7, 11) is 3.38. The van der Waals surface area contributed by atoms with E-state index in [-0.39, 0.29) is 11.9 Å². The lowest BCUT2D eigenvalue weighted by Crippen LogP contribution is -2.45. The first-order valence-electron chi connectivity index (χ1n) is 13.2. The van der Waals surface area contributed by atoms with Crippen LogP contribution < -0.4 is 15.1 Å². The van der Waals surface area contributed by atoms with Crippen LogP contribution in [0.25, 0.3) is 11.0 Å². The Morgan fingerprint density at radius 3 is 2.69 bits per heavy atom. The molecule has 2 aliphatic rings. The largest absolute Gasteiger partial charge is 0.453 e. The highest BCUT2D eigenvalue weighted by atomic mass is 16.5. The molecule has 1 fully saturated rings. The van der Waals surface area contributed by atoms with E-state index in [0.29, 0.717) is 39.5 Å². The first-order chi connectivity index (χ1) is 18.9. The van der Waals surface area contributed by atoms with Crippen molar-refractivity contribution in [1.82, 2.24) is 9.97 Å². The Labute approximate surface area is 226 Å². The molecular formula is C30H31N5O4. The number of ether oxygens (including phenoxy) is 1. The molecule has 3 aromatic carbocycles. The molecule has 1 unspecified atom stereocenters. The number of carbonyl (C=O) groups is 2. The van der Waals surface area contributed by atoms with Gasteiger partial charge in [-0.3, -0.25) is 15.0 Å². The number of aliphatic hydroxyl groups is 1. The molecule has 2 amide bonds. The average Bonchev–Trinajstić information content (AvgIpc) is 3.48. The molecular weight excluding hydrogens is 494 g/mol. The summed E-state index contributed by atoms with van der Waals surface area (Å²) in [6, 6.07) is 20.7. The summed E-state index contributed by atoms with van der Waals surface area (Å²) in [4.78, 5) is 36.7. The minimum Gasteiger partial charge on any atom is -0.453 e. The van der Waals surface area contributed by atoms with Gasteiger partial charge in [0.15, 0.2) is 5.72 Å². The van der Waals surface area contributed by atoms with E-state index in [4.69, 9.17) is 0 Å². The van der Waals surface area contributed by atoms with Gasteiger partial charge in [-0.2, -0.15) is 0 Å². The van der Waals surface area contributed by atoms with E-state index in [0.717, 1.165) is 18.5 Å². The van der Waals surface area contributed by atoms with Gasteiger partial charge < -0.3 is 19.7 Å². The van der Waals surface area contributed by atoms with Gasteiger partial charge in [-0.15, -0.1) is 0 Å². The van der Waals surface area contributed by atoms with E-state index in [1.54, 1.807) is 36.4 Å². The number of benzene rings is 3. The lowest BCUT2D eigenvalue weighted by atomic mass is 9.93. The van der Waals surface area contributed by atoms with E-state index in [9.17, 15) is 14.7 Å². The third-order valence-electron chi connectivity index (χ3n) is 7.97. The predicted molar refractivity (Wildman–Crippen MR) is 150 cm³/mol. The maximum absolute atomic E-state index is 13.9. The fourth-order valence-corrected chi connectivity index (χ4v) is 5.91. The zero-order chi connectivity index (χ0) is 27.1. The number of fused-ring (bicyclic) bond motifs is 2. The maximum atomic E-state index is 13.9. The summed E-state index contributed by atoms with van der Waals surface area (Å²) in [5.74, 6) is -0.0556. The van der Waals surface area contributed by atoms with Gasteiger partial charge in [0.1, 0.15) is 0 Å². The second kappa shape index (κ2) is 9.74. The number of nitrogens with zero attached hydrogens (tertiary/aromatic N) is 3. The zero-order valence-electron chi connectivity index (χ0n) is 22.0. The third kappa shape index (κ3) is 4.19. The Kier molecular flexibility index (Phi) is 6.23. The molecule has 9 nitrogen and oxygen atoms in total. The highest BCUT2D eigenvalue weighted by Gasteiger charge is 2.50. The number of rotatable bonds is 5. The maximum Gasteiger partial charge on any atom is 0.413 e. The molecule has 1 saturated carbocycles. The highest BCUT2D eigenvalue weighted by Crippen LogP contribution is 2.46. The topological polar surface area (TPSA) is 111 Å². The average molecular weight is 526 g/mol. The molecule has 1 atom stereocenters. The molecule has 200 valence electrons. The summed E-state index contributed by atoms with van der Waals surface area (Å²) in [5, 5.41) is 15.0. The van der Waals surface area contributed by atoms with Crippen molar-refractivity contribution < 1.29 is 19.4 Å². The first kappa shape index (κ1) is 24.9. The van der Waals surface area contributed by atoms with Crippen LogP contribution in [0.1, 0.15) is 53.6 Å². The number of amides is 2. The number of imidazole rings is 1. The van der Waals surface area contributed by atoms with E-state index < -0.39 is 11.8 Å². The van der Waals surface area contributed by atoms with Crippen LogP contribution in [0.4, 0.5) is 22.1 Å². The summed E-state index contributed by atoms with van der Waals surface area (Å²) in [6.45, 7) is 0. The molecule has 4 aromatic rings. The second-order valence-electron chi connectivity index (χ2n) is 10.2. The minimum atomic E-state index is -1.77. The number of nitrogens with one attached hydrogen (secondary N) is 2. The van der Waals surface area contributed by atoms with Crippen LogP contribution in [0.15, 0.2) is 66.7 Å². The Bertz CT molecular complexity index is 1560. The van der Waals surface area contributed by atoms with Crippen LogP contribution in [-0.2, 0) is 10.5 Å². The van der Waals surface area contributed by atoms with Gasteiger partial charge in [0.05, 0.1) is 18.1 Å². The number of aromatic amines is 1. The van der Waals surface area contributed by atoms with Crippen LogP contribution in [-0.4, -0.2) is 47.3 Å². The predicted octanol–water partition coefficient (Wildman–Crippen LogP) is 5.36. The van der Waals surface area contributed by atoms with Crippen LogP contribution in [0.2, 0.25) is 0 Å². The van der Waals surface area contributed by atoms with Gasteiger partial charge in [0.2, 0.25) is 5.95 Å². The first-order valence-corrected chi connectivity index (χ1v) is 13.2. The van der Waals surface area contributed by atoms with Crippen LogP contribution in [0.3, 0.4) is 0 Å². The number of hydrogen-bond acceptors (Lipinski definition) is 6. The minimum absolute atomic E-state index is 0.221. The zero-order valence-corrected chi connectivity index (χ0v) is 22.0. The van der Waals surface area contributed by atoms with Crippen molar-refractivity contribution in [3.63, 3.8) is 0 Å². The molecule has 1 aliphatic carbocycles. The summed E-state index contributed by atoms with van der Waals surface area (Å²) >= 11 is 0. The van der Waals surface area contributed by atoms with Crippen molar-refractivity contribution in [2.24, 2.45) is 0 Å². The molecule has 39 heavy (non-hydrogen) atoms. The molecule has 0 radical (unpaired) electrons. The quantitative estimate of drug-likeness (QED) is 0.323. The SMILES string of the molecule is COC(=O)Nc1nc2cc(C3(O)c4ccccc4C(=O)N3c3cccc(N(C)C4CCCCC4)c3)ccc2[nH]1. The highest BCUT2D eigenvalue weighted by molar-refractivity contribution is 6.12.